The second-order valence-corrected chi connectivity index (χ2v) is 6.49. The SMILES string of the molecule is CC(=O)c1ccc(CCNC(=O)C(=O)Nc2ccc(F)c(Cl)c2)s1. The number of carbonyl (C=O) groups excluding carboxylic acids is 3. The Hall–Kier alpha value is -2.25. The molecule has 0 spiro atoms. The van der Waals surface area contributed by atoms with E-state index < -0.39 is 17.6 Å². The molecule has 0 fully saturated rings. The van der Waals surface area contributed by atoms with Crippen LogP contribution in [0.4, 0.5) is 10.1 Å². The van der Waals surface area contributed by atoms with Gasteiger partial charge in [-0.25, -0.2) is 4.39 Å². The first kappa shape index (κ1) is 18.1. The number of ketones is 1. The standard InChI is InChI=1S/C16H14ClFN2O3S/c1-9(21)14-5-3-11(24-14)6-7-19-15(22)16(23)20-10-2-4-13(18)12(17)8-10/h2-5,8H,6-7H2,1H3,(H,19,22)(H,20,23). The Kier molecular flexibility index (Phi) is 6.05. The van der Waals surface area contributed by atoms with Crippen molar-refractivity contribution >= 4 is 46.2 Å². The number of thiophene rings is 1. The summed E-state index contributed by atoms with van der Waals surface area (Å²) in [7, 11) is 0. The molecule has 24 heavy (non-hydrogen) atoms. The molecule has 0 saturated carbocycles. The van der Waals surface area contributed by atoms with Gasteiger partial charge in [0.25, 0.3) is 0 Å². The molecule has 0 atom stereocenters. The highest BCUT2D eigenvalue weighted by Gasteiger charge is 2.14. The Morgan fingerprint density at radius 1 is 1.17 bits per heavy atom. The Bertz CT molecular complexity index is 791. The summed E-state index contributed by atoms with van der Waals surface area (Å²) in [5.41, 5.74) is 0.228. The summed E-state index contributed by atoms with van der Waals surface area (Å²) in [4.78, 5) is 36.3. The van der Waals surface area contributed by atoms with Gasteiger partial charge in [-0.3, -0.25) is 14.4 Å². The molecule has 0 radical (unpaired) electrons. The summed E-state index contributed by atoms with van der Waals surface area (Å²) in [6, 6.07) is 7.17. The van der Waals surface area contributed by atoms with E-state index in [9.17, 15) is 18.8 Å². The number of nitrogens with one attached hydrogen (secondary N) is 2. The maximum Gasteiger partial charge on any atom is 0.313 e. The number of amides is 2. The molecule has 0 bridgehead atoms. The zero-order valence-corrected chi connectivity index (χ0v) is 14.3. The molecule has 0 saturated heterocycles. The van der Waals surface area contributed by atoms with Crippen LogP contribution in [0.5, 0.6) is 0 Å². The lowest BCUT2D eigenvalue weighted by Gasteiger charge is -2.06. The van der Waals surface area contributed by atoms with Crippen LogP contribution < -0.4 is 10.6 Å². The van der Waals surface area contributed by atoms with Crippen molar-refractivity contribution in [1.82, 2.24) is 5.32 Å². The first-order valence-corrected chi connectivity index (χ1v) is 8.20. The van der Waals surface area contributed by atoms with Crippen LogP contribution in [0.1, 0.15) is 21.5 Å². The van der Waals surface area contributed by atoms with Gasteiger partial charge >= 0.3 is 11.8 Å². The normalized spacial score (nSPS) is 10.3. The fourth-order valence-corrected chi connectivity index (χ4v) is 2.93. The van der Waals surface area contributed by atoms with E-state index in [2.05, 4.69) is 10.6 Å². The summed E-state index contributed by atoms with van der Waals surface area (Å²) >= 11 is 6.96. The van der Waals surface area contributed by atoms with E-state index in [0.29, 0.717) is 11.3 Å². The van der Waals surface area contributed by atoms with E-state index in [-0.39, 0.29) is 23.0 Å². The first-order valence-electron chi connectivity index (χ1n) is 7.00. The topological polar surface area (TPSA) is 75.3 Å². The van der Waals surface area contributed by atoms with E-state index in [1.54, 1.807) is 6.07 Å². The third-order valence-electron chi connectivity index (χ3n) is 3.05. The molecule has 2 N–H and O–H groups in total. The maximum absolute atomic E-state index is 13.0. The monoisotopic (exact) mass is 368 g/mol. The highest BCUT2D eigenvalue weighted by Crippen LogP contribution is 2.19. The predicted molar refractivity (Wildman–Crippen MR) is 91.1 cm³/mol. The van der Waals surface area contributed by atoms with Crippen LogP contribution in [0.2, 0.25) is 5.02 Å². The highest BCUT2D eigenvalue weighted by atomic mass is 35.5. The largest absolute Gasteiger partial charge is 0.347 e. The number of anilines is 1. The number of carbonyl (C=O) groups is 3. The zero-order valence-electron chi connectivity index (χ0n) is 12.7. The fourth-order valence-electron chi connectivity index (χ4n) is 1.84. The Morgan fingerprint density at radius 3 is 2.54 bits per heavy atom. The average molecular weight is 369 g/mol. The fraction of sp³-hybridized carbons (Fsp3) is 0.188. The molecule has 1 aromatic carbocycles. The van der Waals surface area contributed by atoms with Gasteiger partial charge in [-0.1, -0.05) is 11.6 Å². The molecule has 2 aromatic rings. The summed E-state index contributed by atoms with van der Waals surface area (Å²) in [5, 5.41) is 4.67. The third kappa shape index (κ3) is 4.87. The number of halogens is 2. The smallest absolute Gasteiger partial charge is 0.313 e. The van der Waals surface area contributed by atoms with Gasteiger partial charge in [-0.15, -0.1) is 11.3 Å². The lowest BCUT2D eigenvalue weighted by atomic mass is 10.3. The average Bonchev–Trinajstić information content (AvgIpc) is 3.00. The van der Waals surface area contributed by atoms with Crippen molar-refractivity contribution in [2.45, 2.75) is 13.3 Å². The van der Waals surface area contributed by atoms with Crippen LogP contribution in [0.15, 0.2) is 30.3 Å². The molecular weight excluding hydrogens is 355 g/mol. The van der Waals surface area contributed by atoms with Gasteiger partial charge in [-0.2, -0.15) is 0 Å². The number of Topliss-reactive ketones (excluding diaryl/α,β-unsaturated/α-hetero) is 1. The zero-order chi connectivity index (χ0) is 17.7. The maximum atomic E-state index is 13.0. The minimum Gasteiger partial charge on any atom is -0.347 e. The second-order valence-electron chi connectivity index (χ2n) is 4.91. The molecule has 2 rings (SSSR count). The van der Waals surface area contributed by atoms with Gasteiger partial charge in [-0.05, 0) is 43.7 Å². The van der Waals surface area contributed by atoms with Gasteiger partial charge in [0.1, 0.15) is 5.82 Å². The molecule has 8 heteroatoms. The summed E-state index contributed by atoms with van der Waals surface area (Å²) in [6.45, 7) is 1.75. The Morgan fingerprint density at radius 2 is 1.92 bits per heavy atom. The van der Waals surface area contributed by atoms with Gasteiger partial charge in [0.05, 0.1) is 9.90 Å². The molecule has 1 heterocycles. The number of hydrogen-bond acceptors (Lipinski definition) is 4. The summed E-state index contributed by atoms with van der Waals surface area (Å²) in [5.74, 6) is -2.29. The van der Waals surface area contributed by atoms with Crippen molar-refractivity contribution in [1.29, 1.82) is 0 Å². The quantitative estimate of drug-likeness (QED) is 0.629. The highest BCUT2D eigenvalue weighted by molar-refractivity contribution is 7.14. The van der Waals surface area contributed by atoms with Gasteiger partial charge in [0, 0.05) is 17.1 Å². The van der Waals surface area contributed by atoms with E-state index >= 15 is 0 Å². The van der Waals surface area contributed by atoms with Crippen LogP contribution >= 0.6 is 22.9 Å². The number of hydrogen-bond donors (Lipinski definition) is 2. The molecule has 0 aliphatic carbocycles. The molecule has 0 aliphatic heterocycles. The van der Waals surface area contributed by atoms with Gasteiger partial charge < -0.3 is 10.6 Å². The molecule has 1 aromatic heterocycles. The van der Waals surface area contributed by atoms with Crippen molar-refractivity contribution < 1.29 is 18.8 Å². The van der Waals surface area contributed by atoms with Crippen LogP contribution in [-0.2, 0) is 16.0 Å². The van der Waals surface area contributed by atoms with Crippen molar-refractivity contribution in [2.75, 3.05) is 11.9 Å². The third-order valence-corrected chi connectivity index (χ3v) is 4.58. The van der Waals surface area contributed by atoms with Crippen molar-refractivity contribution in [3.05, 3.63) is 50.9 Å². The van der Waals surface area contributed by atoms with Gasteiger partial charge in [0.15, 0.2) is 5.78 Å². The molecular formula is C16H14ClFN2O3S. The predicted octanol–water partition coefficient (Wildman–Crippen LogP) is 3.04. The van der Waals surface area contributed by atoms with Crippen molar-refractivity contribution in [2.24, 2.45) is 0 Å². The van der Waals surface area contributed by atoms with Crippen molar-refractivity contribution in [3.8, 4) is 0 Å². The van der Waals surface area contributed by atoms with Crippen LogP contribution in [0, 0.1) is 5.82 Å². The Labute approximate surface area is 146 Å². The molecule has 0 aliphatic rings. The Balaban J connectivity index is 1.81. The lowest BCUT2D eigenvalue weighted by Crippen LogP contribution is -2.36. The van der Waals surface area contributed by atoms with Gasteiger partial charge in [0.2, 0.25) is 0 Å². The van der Waals surface area contributed by atoms with Crippen LogP contribution in [0.3, 0.4) is 0 Å². The lowest BCUT2D eigenvalue weighted by molar-refractivity contribution is -0.136. The van der Waals surface area contributed by atoms with Crippen LogP contribution in [0.25, 0.3) is 0 Å². The summed E-state index contributed by atoms with van der Waals surface area (Å²) in [6.07, 6.45) is 0.513. The number of rotatable bonds is 5. The molecule has 0 unspecified atom stereocenters. The molecule has 2 amide bonds. The second kappa shape index (κ2) is 8.03. The van der Waals surface area contributed by atoms with E-state index in [1.807, 2.05) is 6.07 Å². The summed E-state index contributed by atoms with van der Waals surface area (Å²) < 4.78 is 13.0. The van der Waals surface area contributed by atoms with E-state index in [4.69, 9.17) is 11.6 Å². The minimum atomic E-state index is -0.867. The van der Waals surface area contributed by atoms with E-state index in [0.717, 1.165) is 10.9 Å². The first-order chi connectivity index (χ1) is 11.4. The minimum absolute atomic E-state index is 0.00683. The molecule has 5 nitrogen and oxygen atoms in total. The van der Waals surface area contributed by atoms with Crippen molar-refractivity contribution in [3.63, 3.8) is 0 Å². The number of benzene rings is 1. The van der Waals surface area contributed by atoms with Crippen LogP contribution in [-0.4, -0.2) is 24.1 Å². The van der Waals surface area contributed by atoms with E-state index in [1.165, 1.54) is 30.4 Å². The molecule has 126 valence electrons.